The molecule has 8 fully saturated rings. The predicted octanol–water partition coefficient (Wildman–Crippen LogP) is 22.9. The number of hydrogen-bond acceptors (Lipinski definition) is 10. The molecule has 16 aliphatic rings. The minimum Gasteiger partial charge on any atom is -0.462 e. The third-order valence-corrected chi connectivity index (χ3v) is 28.1. The number of hydrogen-bond donors (Lipinski definition) is 1. The van der Waals surface area contributed by atoms with Gasteiger partial charge in [0.15, 0.2) is 5.78 Å². The summed E-state index contributed by atoms with van der Waals surface area (Å²) >= 11 is 0. The SMILES string of the molecule is [2H]C1=C(c2c([2H])nc([2H])c([2H])c2[2H])[C@@]2(C([2H])([2H])[2H])CCC3C(C2C1([2H])[2H])C([2H])([2H])C([2H])C1=CC(=O)CC[C@@]13C([2H])([2H])[2H].[2H]C1=C(c2c([2H])nc([2H])c([2H])c2[2H])[C@@]2(C([2H])([2H])[2H])CCC3C(CC([2H])=C4C[C@@H](OC(C)=O)CC[C@@]43C([2H])([2H])[2H])C2C1.[2H]C1=C2C[C@@H](O)CC[C@]2(C)C2CC[C@]3(C([2H])([2H])[2H])C(c4c([2H])nc([2H])c([2H])c4[2H])=C([2H])C([2H])([2H])C3C2C1([2H])[2H].[2H]C1=C2C[C@@H](OC(C)=O)CC[C@]2(C([2H])([2H])[2H])C2CC[C@]3(C([2H])([2H])[2H])C(c4c([2H])nc([2H])c([2H])c4[2H])=C([2H])C([2H])([2H])C3C2C1. The average Bonchev–Trinajstić information content (AvgIpc) is 1.50. The van der Waals surface area contributed by atoms with E-state index in [0.717, 1.165) is 6.08 Å². The number of carbonyl (C=O) groups excluding carboxylic acids is 3. The molecule has 0 radical (unpaired) electrons. The highest BCUT2D eigenvalue weighted by Gasteiger charge is 2.62. The Morgan fingerprint density at radius 2 is 0.818 bits per heavy atom. The lowest BCUT2D eigenvalue weighted by Gasteiger charge is -2.57. The van der Waals surface area contributed by atoms with E-state index in [9.17, 15) is 19.5 Å². The van der Waals surface area contributed by atoms with Crippen LogP contribution in [0.2, 0.25) is 0 Å². The lowest BCUT2D eigenvalue weighted by Crippen LogP contribution is -2.50. The second-order valence-corrected chi connectivity index (χ2v) is 33.4. The summed E-state index contributed by atoms with van der Waals surface area (Å²) in [6.07, 6.45) is -21.3. The summed E-state index contributed by atoms with van der Waals surface area (Å²) in [5, 5.41) is 10.3. The first kappa shape index (κ1) is 35.5. The van der Waals surface area contributed by atoms with Gasteiger partial charge in [0.1, 0.15) is 12.2 Å². The Kier molecular flexibility index (Phi) is 9.40. The van der Waals surface area contributed by atoms with Crippen LogP contribution in [0.3, 0.4) is 0 Å². The summed E-state index contributed by atoms with van der Waals surface area (Å²) in [4.78, 5) is 50.5. The Bertz CT molecular complexity index is 7240. The first-order valence-electron chi connectivity index (χ1n) is 66.3. The van der Waals surface area contributed by atoms with Gasteiger partial charge >= 0.3 is 11.9 Å². The lowest BCUT2D eigenvalue weighted by molar-refractivity contribution is -0.149. The Balaban J connectivity index is 0.000000147. The zero-order chi connectivity index (χ0) is 124. The third kappa shape index (κ3) is 12.8. The van der Waals surface area contributed by atoms with E-state index < -0.39 is 392 Å². The Hall–Kier alpha value is -6.91. The number of pyridine rings is 4. The molecule has 0 aromatic carbocycles. The number of ketones is 1. The molecule has 20 rings (SSSR count). The van der Waals surface area contributed by atoms with Crippen LogP contribution in [-0.2, 0) is 23.9 Å². The molecule has 0 aliphatic heterocycles. The fourth-order valence-electron chi connectivity index (χ4n) is 22.7. The van der Waals surface area contributed by atoms with Gasteiger partial charge in [0.05, 0.1) is 37.6 Å². The van der Waals surface area contributed by atoms with Gasteiger partial charge < -0.3 is 14.6 Å². The number of fused-ring (bicyclic) bond motifs is 20. The molecule has 0 saturated heterocycles. The standard InChI is InChI=1S/2C26H33NO2.C24H31NO.C24H29NO/c2*1-17(28)29-20-10-12-25(2)19(15-20)6-7-21-23-9-8-22(18-5-4-14-27-16-18)26(23,3)13-11-24(21)25;2*1-23-11-9-18(26)14-17(23)5-6-19-21-8-7-20(16-4-3-13-25-15-16)24(21,2)12-10-22(19)23/h2*4-6,8,14,16,20-21,23-24H,7,9-13,15H2,1-3H3;3-5,7,13,15,18-19,21-22,26H,6,8-12,14H2,1-2H3;3-4,7,13-15,19,21-22H,5-6,8-12H2,1-2H3/t2*20-,21?,23?,24?,25-,26+;18-,19?,21?,22?,23-,24+;19?,21?,22?,23-,24+/m0000/s1/i2D3,3D3,4D,5D,6D,8D,9D2,14D,16D;2D3,3D3,4D,5D,6D,8D,14D,16D;2D3,3D,4D,5D,6D2,7D,8D2,13D,15D;1D3,2D3,3D,4D,5D,6D2,7D,8D2,13D,15D/t3m;5?,19?,21?,22?,23-,24+. The molecule has 10 heteroatoms. The lowest BCUT2D eigenvalue weighted by atomic mass is 9.46. The molecule has 4 aromatic heterocycles. The van der Waals surface area contributed by atoms with E-state index in [1.807, 2.05) is 6.92 Å². The second-order valence-electron chi connectivity index (χ2n) is 33.4. The van der Waals surface area contributed by atoms with Crippen LogP contribution in [0.25, 0.3) is 22.3 Å². The molecule has 110 heavy (non-hydrogen) atoms. The maximum absolute atomic E-state index is 12.4. The van der Waals surface area contributed by atoms with Crippen LogP contribution < -0.4 is 0 Å². The summed E-state index contributed by atoms with van der Waals surface area (Å²) in [6, 6.07) is -8.29. The van der Waals surface area contributed by atoms with Crippen LogP contribution >= 0.6 is 0 Å². The van der Waals surface area contributed by atoms with Crippen molar-refractivity contribution in [3.63, 3.8) is 0 Å². The number of carbonyl (C=O) groups is 3. The number of aliphatic hydroxyl groups excluding tert-OH is 1. The molecule has 0 amide bonds. The van der Waals surface area contributed by atoms with Crippen molar-refractivity contribution in [1.29, 1.82) is 0 Å². The number of allylic oxidation sites excluding steroid dienone is 13. The highest BCUT2D eigenvalue weighted by Crippen LogP contribution is 2.72. The number of rotatable bonds is 6. The summed E-state index contributed by atoms with van der Waals surface area (Å²) < 4.78 is 487. The van der Waals surface area contributed by atoms with Crippen LogP contribution in [0, 0.1) is 114 Å². The molecule has 582 valence electrons. The zero-order valence-corrected chi connectivity index (χ0v) is 61.6. The Labute approximate surface area is 735 Å². The van der Waals surface area contributed by atoms with Crippen molar-refractivity contribution in [2.24, 2.45) is 114 Å². The van der Waals surface area contributed by atoms with Crippen molar-refractivity contribution >= 4 is 40.0 Å². The molecular weight excluding hydrogens is 1350 g/mol. The van der Waals surface area contributed by atoms with E-state index in [-0.39, 0.29) is 156 Å². The van der Waals surface area contributed by atoms with Crippen molar-refractivity contribution < 1.29 is 104 Å². The van der Waals surface area contributed by atoms with E-state index >= 15 is 0 Å². The Morgan fingerprint density at radius 1 is 0.427 bits per heavy atom. The Morgan fingerprint density at radius 3 is 1.29 bits per heavy atom. The molecule has 0 spiro atoms. The van der Waals surface area contributed by atoms with E-state index in [4.69, 9.17) is 84.9 Å². The summed E-state index contributed by atoms with van der Waals surface area (Å²) in [6.45, 7) is -15.5. The molecule has 24 atom stereocenters. The van der Waals surface area contributed by atoms with Crippen molar-refractivity contribution in [3.8, 4) is 0 Å². The molecule has 4 aromatic rings. The maximum atomic E-state index is 12.4. The van der Waals surface area contributed by atoms with Crippen molar-refractivity contribution in [1.82, 2.24) is 19.9 Å². The first-order valence-corrected chi connectivity index (χ1v) is 38.7. The maximum Gasteiger partial charge on any atom is 0.302 e. The normalized spacial score (nSPS) is 53.5. The van der Waals surface area contributed by atoms with Gasteiger partial charge in [-0.3, -0.25) is 34.3 Å². The predicted molar refractivity (Wildman–Crippen MR) is 439 cm³/mol. The summed E-state index contributed by atoms with van der Waals surface area (Å²) in [5.74, 6) is -15.0. The minimum atomic E-state index is -3.17. The van der Waals surface area contributed by atoms with Gasteiger partial charge in [-0.2, -0.15) is 0 Å². The second kappa shape index (κ2) is 29.2. The average molecular weight is 1540 g/mol. The molecule has 0 bridgehead atoms. The molecule has 4 heterocycles. The molecule has 10 nitrogen and oxygen atoms in total. The van der Waals surface area contributed by atoms with Gasteiger partial charge in [-0.15, -0.1) is 0 Å². The van der Waals surface area contributed by atoms with Gasteiger partial charge in [-0.05, 0) is 349 Å². The van der Waals surface area contributed by atoms with Gasteiger partial charge in [-0.25, -0.2) is 0 Å². The summed E-state index contributed by atoms with van der Waals surface area (Å²) in [7, 11) is 0. The van der Waals surface area contributed by atoms with Gasteiger partial charge in [-0.1, -0.05) is 144 Å². The van der Waals surface area contributed by atoms with E-state index in [0.29, 0.717) is 36.0 Å². The highest BCUT2D eigenvalue weighted by atomic mass is 16.5. The van der Waals surface area contributed by atoms with E-state index in [1.165, 1.54) is 13.8 Å². The van der Waals surface area contributed by atoms with Crippen molar-refractivity contribution in [2.45, 2.75) is 267 Å². The van der Waals surface area contributed by atoms with Gasteiger partial charge in [0.2, 0.25) is 0 Å². The summed E-state index contributed by atoms with van der Waals surface area (Å²) in [5.41, 5.74) is -16.3. The number of ether oxygens (including phenoxy) is 2. The van der Waals surface area contributed by atoms with Crippen LogP contribution in [-0.4, -0.2) is 61.1 Å². The van der Waals surface area contributed by atoms with Gasteiger partial charge in [0.25, 0.3) is 0 Å². The number of esters is 2. The van der Waals surface area contributed by atoms with Crippen molar-refractivity contribution in [2.75, 3.05) is 0 Å². The fraction of sp³-hybridized carbons (Fsp3) is 0.610. The largest absolute Gasteiger partial charge is 0.462 e. The van der Waals surface area contributed by atoms with Gasteiger partial charge in [0, 0.05) is 126 Å². The van der Waals surface area contributed by atoms with Crippen LogP contribution in [0.4, 0.5) is 0 Å². The number of nitrogens with zero attached hydrogens (tertiary/aromatic N) is 4. The zero-order valence-electron chi connectivity index (χ0n) is 117. The molecule has 8 saturated carbocycles. The van der Waals surface area contributed by atoms with E-state index in [2.05, 4.69) is 19.9 Å². The fourth-order valence-corrected chi connectivity index (χ4v) is 22.7. The first-order chi connectivity index (χ1) is 75.3. The third-order valence-electron chi connectivity index (χ3n) is 28.1. The number of aromatic nitrogens is 4. The smallest absolute Gasteiger partial charge is 0.302 e. The number of aliphatic hydroxyl groups is 1. The molecular formula is C100H126N4O6. The highest BCUT2D eigenvalue weighted by molar-refractivity contribution is 5.91. The van der Waals surface area contributed by atoms with Crippen LogP contribution in [0.15, 0.2) is 168 Å². The topological polar surface area (TPSA) is 141 Å². The molecule has 13 unspecified atom stereocenters. The monoisotopic (exact) mass is 1530 g/mol. The van der Waals surface area contributed by atoms with Crippen LogP contribution in [0.1, 0.15) is 346 Å². The van der Waals surface area contributed by atoms with E-state index in [1.54, 1.807) is 0 Å². The minimum absolute atomic E-state index is 0.00181. The van der Waals surface area contributed by atoms with Crippen LogP contribution in [0.5, 0.6) is 0 Å². The molecule has 1 N–H and O–H groups in total. The molecule has 16 aliphatic carbocycles. The van der Waals surface area contributed by atoms with Crippen molar-refractivity contribution in [3.05, 3.63) is 191 Å². The quantitative estimate of drug-likeness (QED) is 0.146.